The molecular weight excluding hydrogens is 228 g/mol. The van der Waals surface area contributed by atoms with Crippen LogP contribution in [0.5, 0.6) is 5.75 Å². The van der Waals surface area contributed by atoms with Gasteiger partial charge in [0.2, 0.25) is 0 Å². The molecule has 0 aliphatic rings. The van der Waals surface area contributed by atoms with Crippen LogP contribution in [0.25, 0.3) is 11.0 Å². The summed E-state index contributed by atoms with van der Waals surface area (Å²) in [5.41, 5.74) is 0.867. The van der Waals surface area contributed by atoms with Crippen LogP contribution in [0.3, 0.4) is 0 Å². The van der Waals surface area contributed by atoms with Crippen LogP contribution in [0, 0.1) is 0 Å². The van der Waals surface area contributed by atoms with E-state index in [1.165, 1.54) is 12.1 Å². The number of fused-ring (bicyclic) bond motifs is 1. The van der Waals surface area contributed by atoms with Crippen LogP contribution in [0.15, 0.2) is 27.4 Å². The summed E-state index contributed by atoms with van der Waals surface area (Å²) in [5.74, 6) is -0.0778. The highest BCUT2D eigenvalue weighted by atomic mass is 35.5. The molecule has 0 saturated carbocycles. The first-order valence-electron chi connectivity index (χ1n) is 5.07. The zero-order valence-corrected chi connectivity index (χ0v) is 9.54. The number of hydrogen-bond donors (Lipinski definition) is 1. The van der Waals surface area contributed by atoms with Crippen molar-refractivity contribution in [1.82, 2.24) is 0 Å². The Kier molecular flexibility index (Phi) is 2.88. The molecule has 0 unspecified atom stereocenters. The lowest BCUT2D eigenvalue weighted by molar-refractivity contribution is 0.473. The normalized spacial score (nSPS) is 10.9. The summed E-state index contributed by atoms with van der Waals surface area (Å²) in [6, 6.07) is 4.47. The highest BCUT2D eigenvalue weighted by molar-refractivity contribution is 6.32. The number of benzene rings is 1. The van der Waals surface area contributed by atoms with E-state index in [2.05, 4.69) is 0 Å². The fraction of sp³-hybridized carbons (Fsp3) is 0.250. The average molecular weight is 239 g/mol. The van der Waals surface area contributed by atoms with Gasteiger partial charge in [-0.05, 0) is 18.1 Å². The van der Waals surface area contributed by atoms with Crippen molar-refractivity contribution in [3.63, 3.8) is 0 Å². The highest BCUT2D eigenvalue weighted by Crippen LogP contribution is 2.30. The van der Waals surface area contributed by atoms with Crippen molar-refractivity contribution < 1.29 is 9.52 Å². The maximum Gasteiger partial charge on any atom is 0.336 e. The first kappa shape index (κ1) is 11.0. The SMILES string of the molecule is CCCc1cc(=O)oc2cc(O)c(Cl)cc12. The first-order valence-corrected chi connectivity index (χ1v) is 5.45. The molecule has 2 aromatic rings. The minimum absolute atomic E-state index is 0.0778. The lowest BCUT2D eigenvalue weighted by atomic mass is 10.1. The van der Waals surface area contributed by atoms with Crippen molar-refractivity contribution in [2.45, 2.75) is 19.8 Å². The number of aryl methyl sites for hydroxylation is 1. The lowest BCUT2D eigenvalue weighted by Gasteiger charge is -2.05. The van der Waals surface area contributed by atoms with E-state index in [9.17, 15) is 9.90 Å². The van der Waals surface area contributed by atoms with Crippen LogP contribution in [0.2, 0.25) is 5.02 Å². The van der Waals surface area contributed by atoms with Gasteiger partial charge in [-0.15, -0.1) is 0 Å². The third kappa shape index (κ3) is 1.91. The predicted octanol–water partition coefficient (Wildman–Crippen LogP) is 3.10. The second-order valence-electron chi connectivity index (χ2n) is 3.64. The summed E-state index contributed by atoms with van der Waals surface area (Å²) in [5, 5.41) is 10.5. The summed E-state index contributed by atoms with van der Waals surface area (Å²) in [6.07, 6.45) is 1.71. The van der Waals surface area contributed by atoms with Crippen LogP contribution < -0.4 is 5.63 Å². The van der Waals surface area contributed by atoms with Crippen molar-refractivity contribution in [3.8, 4) is 5.75 Å². The number of halogens is 1. The minimum Gasteiger partial charge on any atom is -0.506 e. The summed E-state index contributed by atoms with van der Waals surface area (Å²) >= 11 is 5.83. The Hall–Kier alpha value is -1.48. The molecule has 84 valence electrons. The van der Waals surface area contributed by atoms with Crippen molar-refractivity contribution in [3.05, 3.63) is 39.2 Å². The van der Waals surface area contributed by atoms with E-state index in [-0.39, 0.29) is 10.8 Å². The Morgan fingerprint density at radius 2 is 2.12 bits per heavy atom. The highest BCUT2D eigenvalue weighted by Gasteiger charge is 2.08. The third-order valence-corrected chi connectivity index (χ3v) is 2.72. The van der Waals surface area contributed by atoms with Gasteiger partial charge in [0.15, 0.2) is 0 Å². The van der Waals surface area contributed by atoms with Crippen LogP contribution in [-0.4, -0.2) is 5.11 Å². The molecule has 3 nitrogen and oxygen atoms in total. The van der Waals surface area contributed by atoms with E-state index >= 15 is 0 Å². The second kappa shape index (κ2) is 4.18. The van der Waals surface area contributed by atoms with Gasteiger partial charge in [0, 0.05) is 17.5 Å². The first-order chi connectivity index (χ1) is 7.61. The number of phenolic OH excluding ortho intramolecular Hbond substituents is 1. The van der Waals surface area contributed by atoms with Gasteiger partial charge >= 0.3 is 5.63 Å². The van der Waals surface area contributed by atoms with Crippen molar-refractivity contribution in [2.75, 3.05) is 0 Å². The molecule has 1 N–H and O–H groups in total. The number of rotatable bonds is 2. The molecule has 16 heavy (non-hydrogen) atoms. The Labute approximate surface area is 97.3 Å². The molecule has 0 saturated heterocycles. The summed E-state index contributed by atoms with van der Waals surface area (Å²) in [6.45, 7) is 2.03. The van der Waals surface area contributed by atoms with Gasteiger partial charge in [0.05, 0.1) is 5.02 Å². The molecule has 1 aromatic carbocycles. The van der Waals surface area contributed by atoms with Gasteiger partial charge in [-0.1, -0.05) is 24.9 Å². The monoisotopic (exact) mass is 238 g/mol. The fourth-order valence-corrected chi connectivity index (χ4v) is 1.88. The quantitative estimate of drug-likeness (QED) is 0.818. The Bertz CT molecular complexity index is 587. The molecule has 0 spiro atoms. The lowest BCUT2D eigenvalue weighted by Crippen LogP contribution is -2.00. The molecule has 0 aliphatic carbocycles. The van der Waals surface area contributed by atoms with E-state index in [1.807, 2.05) is 6.92 Å². The average Bonchev–Trinajstić information content (AvgIpc) is 2.21. The topological polar surface area (TPSA) is 50.4 Å². The molecule has 1 heterocycles. The van der Waals surface area contributed by atoms with Gasteiger partial charge in [-0.2, -0.15) is 0 Å². The molecule has 1 aromatic heterocycles. The number of phenols is 1. The number of aromatic hydroxyl groups is 1. The van der Waals surface area contributed by atoms with Gasteiger partial charge in [-0.25, -0.2) is 4.79 Å². The van der Waals surface area contributed by atoms with E-state index in [4.69, 9.17) is 16.0 Å². The summed E-state index contributed by atoms with van der Waals surface area (Å²) in [7, 11) is 0. The largest absolute Gasteiger partial charge is 0.506 e. The smallest absolute Gasteiger partial charge is 0.336 e. The Morgan fingerprint density at radius 3 is 2.81 bits per heavy atom. The van der Waals surface area contributed by atoms with Gasteiger partial charge in [-0.3, -0.25) is 0 Å². The van der Waals surface area contributed by atoms with Crippen molar-refractivity contribution in [2.24, 2.45) is 0 Å². The van der Waals surface area contributed by atoms with Gasteiger partial charge in [0.25, 0.3) is 0 Å². The zero-order chi connectivity index (χ0) is 11.7. The fourth-order valence-electron chi connectivity index (χ4n) is 1.71. The zero-order valence-electron chi connectivity index (χ0n) is 8.79. The second-order valence-corrected chi connectivity index (χ2v) is 4.05. The third-order valence-electron chi connectivity index (χ3n) is 2.42. The molecule has 2 rings (SSSR count). The van der Waals surface area contributed by atoms with E-state index < -0.39 is 5.63 Å². The molecule has 0 radical (unpaired) electrons. The summed E-state index contributed by atoms with van der Waals surface area (Å²) in [4.78, 5) is 11.3. The Balaban J connectivity index is 2.79. The van der Waals surface area contributed by atoms with Crippen LogP contribution in [0.4, 0.5) is 0 Å². The van der Waals surface area contributed by atoms with Crippen LogP contribution >= 0.6 is 11.6 Å². The van der Waals surface area contributed by atoms with E-state index in [0.29, 0.717) is 5.58 Å². The maximum atomic E-state index is 11.3. The minimum atomic E-state index is -0.405. The standard InChI is InChI=1S/C12H11ClO3/c1-2-3-7-4-12(15)16-11-6-10(14)9(13)5-8(7)11/h4-6,14H,2-3H2,1H3. The molecule has 4 heteroatoms. The maximum absolute atomic E-state index is 11.3. The molecule has 0 aliphatic heterocycles. The molecule has 0 fully saturated rings. The molecule has 0 atom stereocenters. The van der Waals surface area contributed by atoms with E-state index in [0.717, 1.165) is 23.8 Å². The van der Waals surface area contributed by atoms with Gasteiger partial charge < -0.3 is 9.52 Å². The van der Waals surface area contributed by atoms with E-state index in [1.54, 1.807) is 6.07 Å². The van der Waals surface area contributed by atoms with Crippen LogP contribution in [-0.2, 0) is 6.42 Å². The predicted molar refractivity (Wildman–Crippen MR) is 63.2 cm³/mol. The molecule has 0 bridgehead atoms. The molecular formula is C12H11ClO3. The number of hydrogen-bond acceptors (Lipinski definition) is 3. The van der Waals surface area contributed by atoms with Crippen molar-refractivity contribution in [1.29, 1.82) is 0 Å². The van der Waals surface area contributed by atoms with Gasteiger partial charge in [0.1, 0.15) is 11.3 Å². The van der Waals surface area contributed by atoms with Crippen molar-refractivity contribution >= 4 is 22.6 Å². The Morgan fingerprint density at radius 1 is 1.38 bits per heavy atom. The van der Waals surface area contributed by atoms with Crippen LogP contribution in [0.1, 0.15) is 18.9 Å². The summed E-state index contributed by atoms with van der Waals surface area (Å²) < 4.78 is 5.01. The molecule has 0 amide bonds.